The summed E-state index contributed by atoms with van der Waals surface area (Å²) < 4.78 is 5.07. The predicted octanol–water partition coefficient (Wildman–Crippen LogP) is 1.60. The summed E-state index contributed by atoms with van der Waals surface area (Å²) in [6.07, 6.45) is 2.14. The molecule has 0 saturated heterocycles. The van der Waals surface area contributed by atoms with E-state index in [4.69, 9.17) is 10.5 Å². The van der Waals surface area contributed by atoms with Crippen LogP contribution < -0.4 is 16.4 Å². The van der Waals surface area contributed by atoms with Crippen molar-refractivity contribution in [1.82, 2.24) is 10.6 Å². The van der Waals surface area contributed by atoms with Crippen molar-refractivity contribution in [3.8, 4) is 0 Å². The third-order valence-electron chi connectivity index (χ3n) is 4.26. The van der Waals surface area contributed by atoms with E-state index in [1.165, 1.54) is 6.92 Å². The van der Waals surface area contributed by atoms with Crippen molar-refractivity contribution in [2.24, 2.45) is 5.73 Å². The summed E-state index contributed by atoms with van der Waals surface area (Å²) in [4.78, 5) is 36.0. The molecule has 0 aliphatic rings. The van der Waals surface area contributed by atoms with Crippen LogP contribution in [0.4, 0.5) is 4.79 Å². The average Bonchev–Trinajstić information content (AvgIpc) is 2.67. The van der Waals surface area contributed by atoms with Gasteiger partial charge >= 0.3 is 6.09 Å². The van der Waals surface area contributed by atoms with E-state index in [9.17, 15) is 19.5 Å². The van der Waals surface area contributed by atoms with Gasteiger partial charge < -0.3 is 26.2 Å². The van der Waals surface area contributed by atoms with Crippen LogP contribution >= 0.6 is 0 Å². The van der Waals surface area contributed by atoms with Crippen LogP contribution in [0.15, 0.2) is 30.3 Å². The monoisotopic (exact) mass is 393 g/mol. The molecule has 3 amide bonds. The number of amides is 3. The van der Waals surface area contributed by atoms with Crippen molar-refractivity contribution in [1.29, 1.82) is 0 Å². The van der Waals surface area contributed by atoms with Crippen LogP contribution in [0.3, 0.4) is 0 Å². The fourth-order valence-corrected chi connectivity index (χ4v) is 2.62. The Hall–Kier alpha value is -2.61. The van der Waals surface area contributed by atoms with Crippen molar-refractivity contribution in [2.45, 2.75) is 70.7 Å². The lowest BCUT2D eigenvalue weighted by atomic mass is 10.1. The second-order valence-corrected chi connectivity index (χ2v) is 6.74. The molecule has 0 aliphatic carbocycles. The maximum atomic E-state index is 12.4. The Balaban J connectivity index is 2.58. The minimum Gasteiger partial charge on any atom is -0.445 e. The van der Waals surface area contributed by atoms with Crippen molar-refractivity contribution < 1.29 is 24.2 Å². The first kappa shape index (κ1) is 23.4. The number of nitrogens with two attached hydrogens (primary N) is 1. The van der Waals surface area contributed by atoms with Gasteiger partial charge in [-0.05, 0) is 18.9 Å². The lowest BCUT2D eigenvalue weighted by molar-refractivity contribution is -0.130. The van der Waals surface area contributed by atoms with Gasteiger partial charge in [0.25, 0.3) is 0 Å². The minimum atomic E-state index is -1.26. The summed E-state index contributed by atoms with van der Waals surface area (Å²) in [6.45, 7) is 3.47. The van der Waals surface area contributed by atoms with Crippen molar-refractivity contribution in [2.75, 3.05) is 0 Å². The van der Waals surface area contributed by atoms with Crippen molar-refractivity contribution >= 4 is 17.9 Å². The fraction of sp³-hybridized carbons (Fsp3) is 0.550. The van der Waals surface area contributed by atoms with Gasteiger partial charge in [0.1, 0.15) is 18.7 Å². The first-order valence-corrected chi connectivity index (χ1v) is 9.60. The molecule has 1 rings (SSSR count). The summed E-state index contributed by atoms with van der Waals surface area (Å²) >= 11 is 0. The lowest BCUT2D eigenvalue weighted by Crippen LogP contribution is -2.56. The van der Waals surface area contributed by atoms with Crippen LogP contribution in [0.1, 0.15) is 51.5 Å². The van der Waals surface area contributed by atoms with Gasteiger partial charge in [-0.25, -0.2) is 4.79 Å². The third kappa shape index (κ3) is 8.85. The molecule has 0 aliphatic heterocycles. The number of nitrogens with one attached hydrogen (secondary N) is 2. The smallest absolute Gasteiger partial charge is 0.408 e. The summed E-state index contributed by atoms with van der Waals surface area (Å²) in [6, 6.07) is 6.94. The number of carbonyl (C=O) groups is 3. The number of aliphatic hydroxyl groups excluding tert-OH is 1. The summed E-state index contributed by atoms with van der Waals surface area (Å²) in [7, 11) is 0. The zero-order valence-electron chi connectivity index (χ0n) is 16.5. The van der Waals surface area contributed by atoms with E-state index in [-0.39, 0.29) is 6.61 Å². The molecule has 0 aromatic heterocycles. The van der Waals surface area contributed by atoms with Gasteiger partial charge in [0.05, 0.1) is 6.10 Å². The normalized spacial score (nSPS) is 13.8. The quantitative estimate of drug-likeness (QED) is 0.401. The first-order valence-electron chi connectivity index (χ1n) is 9.60. The second-order valence-electron chi connectivity index (χ2n) is 6.74. The average molecular weight is 393 g/mol. The number of carbonyl (C=O) groups excluding carboxylic acids is 3. The molecule has 28 heavy (non-hydrogen) atoms. The number of ether oxygens (including phenoxy) is 1. The Morgan fingerprint density at radius 2 is 1.79 bits per heavy atom. The number of hydrogen-bond donors (Lipinski definition) is 4. The van der Waals surface area contributed by atoms with E-state index in [1.54, 1.807) is 12.1 Å². The van der Waals surface area contributed by atoms with Crippen molar-refractivity contribution in [3.05, 3.63) is 35.9 Å². The van der Waals surface area contributed by atoms with E-state index >= 15 is 0 Å². The largest absolute Gasteiger partial charge is 0.445 e. The molecule has 0 saturated carbocycles. The summed E-state index contributed by atoms with van der Waals surface area (Å²) in [5.74, 6) is -1.34. The zero-order valence-corrected chi connectivity index (χ0v) is 16.5. The highest BCUT2D eigenvalue weighted by molar-refractivity contribution is 5.91. The molecule has 156 valence electrons. The van der Waals surface area contributed by atoms with Gasteiger partial charge in [-0.15, -0.1) is 0 Å². The van der Waals surface area contributed by atoms with Gasteiger partial charge in [-0.3, -0.25) is 9.59 Å². The molecular weight excluding hydrogens is 362 g/mol. The van der Waals surface area contributed by atoms with Crippen molar-refractivity contribution in [3.63, 3.8) is 0 Å². The molecule has 0 bridgehead atoms. The molecule has 0 unspecified atom stereocenters. The lowest BCUT2D eigenvalue weighted by Gasteiger charge is -2.23. The molecule has 1 aromatic carbocycles. The molecule has 0 spiro atoms. The zero-order chi connectivity index (χ0) is 20.9. The number of unbranched alkanes of at least 4 members (excludes halogenated alkanes) is 3. The van der Waals surface area contributed by atoms with E-state index in [1.807, 2.05) is 18.2 Å². The fourth-order valence-electron chi connectivity index (χ4n) is 2.62. The number of primary amides is 1. The molecule has 0 radical (unpaired) electrons. The minimum absolute atomic E-state index is 0.0299. The van der Waals surface area contributed by atoms with Crippen LogP contribution in [-0.2, 0) is 20.9 Å². The van der Waals surface area contributed by atoms with E-state index < -0.39 is 36.1 Å². The summed E-state index contributed by atoms with van der Waals surface area (Å²) in [5, 5.41) is 14.7. The Kier molecular flexibility index (Phi) is 10.6. The van der Waals surface area contributed by atoms with Crippen LogP contribution in [0.25, 0.3) is 0 Å². The van der Waals surface area contributed by atoms with E-state index in [0.29, 0.717) is 6.42 Å². The van der Waals surface area contributed by atoms with Crippen LogP contribution in [0.2, 0.25) is 0 Å². The molecule has 1 aromatic rings. The Bertz CT molecular complexity index is 622. The van der Waals surface area contributed by atoms with Crippen LogP contribution in [0.5, 0.6) is 0 Å². The van der Waals surface area contributed by atoms with Gasteiger partial charge in [0, 0.05) is 0 Å². The van der Waals surface area contributed by atoms with Gasteiger partial charge in [-0.1, -0.05) is 62.9 Å². The SMILES string of the molecule is CCCCCC[C@H](NC(=O)[C@@H](NC(=O)OCc1ccccc1)[C@@H](C)O)C(N)=O. The van der Waals surface area contributed by atoms with Gasteiger partial charge in [0.2, 0.25) is 11.8 Å². The highest BCUT2D eigenvalue weighted by Crippen LogP contribution is 2.07. The van der Waals surface area contributed by atoms with Gasteiger partial charge in [0.15, 0.2) is 0 Å². The van der Waals surface area contributed by atoms with Crippen LogP contribution in [0, 0.1) is 0 Å². The van der Waals surface area contributed by atoms with Gasteiger partial charge in [-0.2, -0.15) is 0 Å². The third-order valence-corrected chi connectivity index (χ3v) is 4.26. The Morgan fingerprint density at radius 1 is 1.11 bits per heavy atom. The summed E-state index contributed by atoms with van der Waals surface area (Å²) in [5.41, 5.74) is 6.15. The van der Waals surface area contributed by atoms with Crippen LogP contribution in [-0.4, -0.2) is 41.2 Å². The maximum absolute atomic E-state index is 12.4. The highest BCUT2D eigenvalue weighted by Gasteiger charge is 2.29. The Labute approximate surface area is 165 Å². The number of rotatable bonds is 12. The first-order chi connectivity index (χ1) is 13.3. The van der Waals surface area contributed by atoms with E-state index in [2.05, 4.69) is 17.6 Å². The number of benzene rings is 1. The number of hydrogen-bond acceptors (Lipinski definition) is 5. The Morgan fingerprint density at radius 3 is 2.36 bits per heavy atom. The predicted molar refractivity (Wildman–Crippen MR) is 105 cm³/mol. The molecule has 5 N–H and O–H groups in total. The molecule has 0 fully saturated rings. The molecule has 0 heterocycles. The number of alkyl carbamates (subject to hydrolysis) is 1. The van der Waals surface area contributed by atoms with E-state index in [0.717, 1.165) is 31.2 Å². The highest BCUT2D eigenvalue weighted by atomic mass is 16.5. The number of aliphatic hydroxyl groups is 1. The second kappa shape index (κ2) is 12.7. The standard InChI is InChI=1S/C20H31N3O5/c1-3-4-5-9-12-16(18(21)25)22-19(26)17(14(2)24)23-20(27)28-13-15-10-7-6-8-11-15/h6-8,10-11,14,16-17,24H,3-5,9,12-13H2,1-2H3,(H2,21,25)(H,22,26)(H,23,27)/t14-,16+,17+/m1/s1. The maximum Gasteiger partial charge on any atom is 0.408 e. The topological polar surface area (TPSA) is 131 Å². The molecule has 8 nitrogen and oxygen atoms in total. The molecule has 3 atom stereocenters. The molecular formula is C20H31N3O5. The molecule has 8 heteroatoms.